The van der Waals surface area contributed by atoms with Crippen LogP contribution < -0.4 is 34.9 Å². The summed E-state index contributed by atoms with van der Waals surface area (Å²) in [5, 5.41) is 8.79. The normalized spacial score (nSPS) is 19.7. The summed E-state index contributed by atoms with van der Waals surface area (Å²) in [5.74, 6) is -5.83. The predicted molar refractivity (Wildman–Crippen MR) is 340 cm³/mol. The molecule has 0 aliphatic carbocycles. The number of alkyl carbamates (subject to hydrolysis) is 1. The summed E-state index contributed by atoms with van der Waals surface area (Å²) < 4.78 is 241. The van der Waals surface area contributed by atoms with Gasteiger partial charge in [0, 0.05) is 106 Å². The molecule has 7 aliphatic heterocycles. The zero-order chi connectivity index (χ0) is 74.7. The number of fused-ring (bicyclic) bond motifs is 4. The fourth-order valence-electron chi connectivity index (χ4n) is 13.1. The van der Waals surface area contributed by atoms with Crippen molar-refractivity contribution in [2.45, 2.75) is 100 Å². The second kappa shape index (κ2) is 33.7. The molecule has 0 spiro atoms. The number of nitrogens with zero attached hydrogens (tertiary/aromatic N) is 4. The minimum absolute atomic E-state index is 0.00342. The summed E-state index contributed by atoms with van der Waals surface area (Å²) >= 11 is 0. The third-order valence-corrected chi connectivity index (χ3v) is 18.2. The molecule has 562 valence electrons. The fraction of sp³-hybridized carbons (Fsp3) is 0.437. The first-order valence-electron chi connectivity index (χ1n) is 33.2. The largest absolute Gasteiger partial charge is 0.493 e. The fourth-order valence-corrected chi connectivity index (χ4v) is 13.1. The van der Waals surface area contributed by atoms with E-state index in [-0.39, 0.29) is 106 Å². The Morgan fingerprint density at radius 1 is 0.471 bits per heavy atom. The van der Waals surface area contributed by atoms with Crippen LogP contribution in [-0.2, 0) is 57.0 Å². The lowest BCUT2D eigenvalue weighted by Gasteiger charge is -2.40. The number of carbonyl (C=O) groups excluding carboxylic acids is 4. The van der Waals surface area contributed by atoms with Crippen molar-refractivity contribution < 1.29 is 118 Å². The molecule has 0 radical (unpaired) electrons. The number of nitrogens with one attached hydrogen (secondary N) is 3. The van der Waals surface area contributed by atoms with Gasteiger partial charge in [-0.3, -0.25) is 19.4 Å². The van der Waals surface area contributed by atoms with E-state index in [0.717, 1.165) is 73.7 Å². The Morgan fingerprint density at radius 2 is 0.875 bits per heavy atom. The number of benzene rings is 6. The molecule has 7 aliphatic rings. The van der Waals surface area contributed by atoms with Crippen LogP contribution in [0.3, 0.4) is 0 Å². The average molecular weight is 1490 g/mol. The van der Waals surface area contributed by atoms with Crippen LogP contribution in [0.1, 0.15) is 118 Å². The Labute approximate surface area is 585 Å². The monoisotopic (exact) mass is 1490 g/mol. The maximum Gasteiger partial charge on any atom is 0.419 e. The van der Waals surface area contributed by atoms with Crippen molar-refractivity contribution >= 4 is 24.0 Å². The van der Waals surface area contributed by atoms with Gasteiger partial charge in [-0.05, 0) is 84.8 Å². The molecule has 3 fully saturated rings. The summed E-state index contributed by atoms with van der Waals surface area (Å²) in [4.78, 5) is 55.3. The van der Waals surface area contributed by atoms with Gasteiger partial charge in [0.2, 0.25) is 11.8 Å². The van der Waals surface area contributed by atoms with Crippen LogP contribution >= 0.6 is 0 Å². The van der Waals surface area contributed by atoms with E-state index in [1.165, 1.54) is 9.80 Å². The van der Waals surface area contributed by atoms with Crippen LogP contribution in [-0.4, -0.2) is 142 Å². The van der Waals surface area contributed by atoms with Gasteiger partial charge in [0.1, 0.15) is 66.0 Å². The van der Waals surface area contributed by atoms with Crippen LogP contribution in [0.5, 0.6) is 23.0 Å². The number of halogens is 16. The number of carbonyl (C=O) groups is 4. The van der Waals surface area contributed by atoms with Crippen LogP contribution in [0.25, 0.3) is 0 Å². The zero-order valence-corrected chi connectivity index (χ0v) is 55.4. The van der Waals surface area contributed by atoms with Crippen molar-refractivity contribution in [3.05, 3.63) is 188 Å². The highest BCUT2D eigenvalue weighted by Gasteiger charge is 2.43. The number of ether oxygens (including phenoxy) is 6. The molecule has 13 rings (SSSR count). The number of rotatable bonds is 11. The van der Waals surface area contributed by atoms with E-state index < -0.39 is 100 Å². The molecule has 0 aromatic heterocycles. The van der Waals surface area contributed by atoms with E-state index >= 15 is 0 Å². The molecule has 7 heterocycles. The Balaban J connectivity index is 0.000000151. The van der Waals surface area contributed by atoms with E-state index in [2.05, 4.69) is 20.9 Å². The highest BCUT2D eigenvalue weighted by Crippen LogP contribution is 2.47. The first-order chi connectivity index (χ1) is 49.4. The minimum atomic E-state index is -4.85. The standard InChI is InChI=1S/C22H20F4N2O4.C21H21F4NO3.C14H14F4N2O2.C14H16F4N2O/c23-17-10-15-18(6-9-31-19(15)11-16(17)22(24,25)26)28-8-7-27(12-20(28)29)21(30)32-13-14-4-2-1-3-5-14;22-18-11-16-15(8-10-28-19(16)12-17(18)21(23,24)25)7-4-9-26-20(27)29-13-14-5-2-1-3-6-14;15-10-5-8-11(20-3-2-19-7-13(20)21)1-4-22-12(8)6-9(10)14(16,17)18;15-11-7-9-12(20-4-2-19-3-5-20)1-6-21-13(9)8-10(11)14(16,17)18/h1-5,10-11,18H,6-9,12-13H2;1-3,5-6,11-12,15H,4,7-10,13H2,(H,26,27);5-6,11,19H,1-4,7H2;7-8,12,19H,1-6H2. The van der Waals surface area contributed by atoms with Crippen molar-refractivity contribution in [2.75, 3.05) is 98.4 Å². The molecule has 0 saturated carbocycles. The molecule has 6 aromatic carbocycles. The molecular weight excluding hydrogens is 1410 g/mol. The second-order valence-electron chi connectivity index (χ2n) is 25.0. The third-order valence-electron chi connectivity index (χ3n) is 18.2. The Morgan fingerprint density at radius 3 is 1.33 bits per heavy atom. The summed E-state index contributed by atoms with van der Waals surface area (Å²) in [6, 6.07) is 23.6. The van der Waals surface area contributed by atoms with E-state index in [1.807, 2.05) is 60.7 Å². The van der Waals surface area contributed by atoms with Crippen molar-refractivity contribution in [3.8, 4) is 23.0 Å². The molecule has 6 aromatic rings. The summed E-state index contributed by atoms with van der Waals surface area (Å²) in [5.41, 5.74) is -2.20. The van der Waals surface area contributed by atoms with Gasteiger partial charge in [0.25, 0.3) is 0 Å². The van der Waals surface area contributed by atoms with Gasteiger partial charge in [-0.2, -0.15) is 52.7 Å². The predicted octanol–water partition coefficient (Wildman–Crippen LogP) is 14.2. The summed E-state index contributed by atoms with van der Waals surface area (Å²) in [7, 11) is 0. The third kappa shape index (κ3) is 19.6. The van der Waals surface area contributed by atoms with E-state index in [9.17, 15) is 89.4 Å². The lowest BCUT2D eigenvalue weighted by Crippen LogP contribution is -2.53. The van der Waals surface area contributed by atoms with Crippen molar-refractivity contribution in [3.63, 3.8) is 0 Å². The number of piperazine rings is 3. The van der Waals surface area contributed by atoms with E-state index in [4.69, 9.17) is 28.4 Å². The van der Waals surface area contributed by atoms with E-state index in [0.29, 0.717) is 93.6 Å². The average Bonchev–Trinajstić information content (AvgIpc) is 0.796. The van der Waals surface area contributed by atoms with Crippen LogP contribution in [0.15, 0.2) is 109 Å². The Kier molecular flexibility index (Phi) is 25.1. The highest BCUT2D eigenvalue weighted by atomic mass is 19.4. The van der Waals surface area contributed by atoms with Crippen molar-refractivity contribution in [2.24, 2.45) is 0 Å². The molecule has 3 N–H and O–H groups in total. The van der Waals surface area contributed by atoms with Crippen molar-refractivity contribution in [1.82, 2.24) is 35.6 Å². The first kappa shape index (κ1) is 77.4. The first-order valence-corrected chi connectivity index (χ1v) is 33.2. The Hall–Kier alpha value is -9.24. The van der Waals surface area contributed by atoms with Gasteiger partial charge in [-0.25, -0.2) is 27.2 Å². The number of amides is 4. The Bertz CT molecular complexity index is 3980. The zero-order valence-electron chi connectivity index (χ0n) is 55.4. The highest BCUT2D eigenvalue weighted by molar-refractivity contribution is 5.84. The van der Waals surface area contributed by atoms with Gasteiger partial charge >= 0.3 is 36.9 Å². The molecule has 4 amide bonds. The van der Waals surface area contributed by atoms with Gasteiger partial charge in [0.05, 0.1) is 67.3 Å². The molecular formula is C71H71F16N7O10. The molecule has 4 atom stereocenters. The lowest BCUT2D eigenvalue weighted by molar-refractivity contribution is -0.141. The quantitative estimate of drug-likeness (QED) is 0.0827. The van der Waals surface area contributed by atoms with Gasteiger partial charge < -0.3 is 54.2 Å². The van der Waals surface area contributed by atoms with Crippen LogP contribution in [0.2, 0.25) is 0 Å². The lowest BCUT2D eigenvalue weighted by atomic mass is 9.88. The van der Waals surface area contributed by atoms with Crippen molar-refractivity contribution in [1.29, 1.82) is 0 Å². The summed E-state index contributed by atoms with van der Waals surface area (Å²) in [6.07, 6.45) is -17.1. The van der Waals surface area contributed by atoms with Crippen LogP contribution in [0, 0.1) is 23.3 Å². The molecule has 0 bridgehead atoms. The molecule has 17 nitrogen and oxygen atoms in total. The van der Waals surface area contributed by atoms with E-state index in [1.54, 1.807) is 4.90 Å². The SMILES string of the molecule is Fc1cc2c(cc1C(F)(F)F)OCCC2N1CCNCC1.O=C(NCCCC1CCOc2cc(C(F)(F)F)c(F)cc21)OCc1ccccc1.O=C(OCc1ccccc1)N1CCN(C2CCOc3cc(C(F)(F)F)c(F)cc32)C(=O)C1.O=C1CNCCN1C1CCOc2cc(C(F)(F)F)c(F)cc21. The molecule has 33 heteroatoms. The summed E-state index contributed by atoms with van der Waals surface area (Å²) in [6.45, 7) is 6.06. The topological polar surface area (TPSA) is 173 Å². The number of alkyl halides is 12. The smallest absolute Gasteiger partial charge is 0.419 e. The van der Waals surface area contributed by atoms with Gasteiger partial charge in [0.15, 0.2) is 0 Å². The minimum Gasteiger partial charge on any atom is -0.493 e. The number of hydrogen-bond acceptors (Lipinski definition) is 13. The van der Waals surface area contributed by atoms with Gasteiger partial charge in [-0.15, -0.1) is 0 Å². The maximum absolute atomic E-state index is 14.2. The van der Waals surface area contributed by atoms with Crippen LogP contribution in [0.4, 0.5) is 79.8 Å². The second-order valence-corrected chi connectivity index (χ2v) is 25.0. The molecule has 4 unspecified atom stereocenters. The maximum atomic E-state index is 14.2. The molecule has 3 saturated heterocycles. The van der Waals surface area contributed by atoms with Gasteiger partial charge in [-0.1, -0.05) is 60.7 Å². The molecule has 104 heavy (non-hydrogen) atoms. The number of hydrogen-bond donors (Lipinski definition) is 3.